The molecule has 1 saturated carbocycles. The zero-order chi connectivity index (χ0) is 19.3. The molecule has 6 nitrogen and oxygen atoms in total. The van der Waals surface area contributed by atoms with Crippen LogP contribution >= 0.6 is 0 Å². The van der Waals surface area contributed by atoms with Crippen LogP contribution in [0.1, 0.15) is 43.5 Å². The maximum Gasteiger partial charge on any atom is 0.333 e. The lowest BCUT2D eigenvalue weighted by atomic mass is 9.93. The van der Waals surface area contributed by atoms with Crippen molar-refractivity contribution in [3.05, 3.63) is 74.7 Å². The molecule has 2 aliphatic carbocycles. The number of allylic oxidation sites excluding steroid dienone is 2. The van der Waals surface area contributed by atoms with Gasteiger partial charge in [-0.2, -0.15) is 0 Å². The molecule has 2 bridgehead atoms. The van der Waals surface area contributed by atoms with Crippen molar-refractivity contribution >= 4 is 11.2 Å². The highest BCUT2D eigenvalue weighted by molar-refractivity contribution is 5.70. The van der Waals surface area contributed by atoms with Crippen molar-refractivity contribution in [1.82, 2.24) is 19.1 Å². The van der Waals surface area contributed by atoms with Crippen molar-refractivity contribution in [3.8, 4) is 0 Å². The average Bonchev–Trinajstić information content (AvgIpc) is 3.44. The summed E-state index contributed by atoms with van der Waals surface area (Å²) < 4.78 is 2.98. The van der Waals surface area contributed by atoms with Crippen LogP contribution in [-0.4, -0.2) is 19.1 Å². The number of nitrogens with one attached hydrogen (secondary N) is 1. The SMILES string of the molecule is CCCn1c(=O)c2[nH]c([C@H]3C[C@H]4C=C[C@@H]3C4)nc2n(Cc2ccccc2)c1=O. The van der Waals surface area contributed by atoms with Crippen LogP contribution in [0.2, 0.25) is 0 Å². The number of fused-ring (bicyclic) bond motifs is 3. The van der Waals surface area contributed by atoms with Gasteiger partial charge in [-0.3, -0.25) is 13.9 Å². The van der Waals surface area contributed by atoms with Crippen molar-refractivity contribution in [2.45, 2.75) is 45.2 Å². The van der Waals surface area contributed by atoms with E-state index in [4.69, 9.17) is 4.98 Å². The van der Waals surface area contributed by atoms with Crippen molar-refractivity contribution in [2.75, 3.05) is 0 Å². The molecule has 2 heterocycles. The highest BCUT2D eigenvalue weighted by Crippen LogP contribution is 2.48. The number of hydrogen-bond acceptors (Lipinski definition) is 3. The minimum absolute atomic E-state index is 0.261. The molecule has 6 heteroatoms. The predicted octanol–water partition coefficient (Wildman–Crippen LogP) is 3.02. The minimum atomic E-state index is -0.283. The van der Waals surface area contributed by atoms with Crippen LogP contribution in [0.4, 0.5) is 0 Å². The largest absolute Gasteiger partial charge is 0.336 e. The Morgan fingerprint density at radius 3 is 2.61 bits per heavy atom. The molecule has 5 rings (SSSR count). The van der Waals surface area contributed by atoms with Crippen LogP contribution in [0.25, 0.3) is 11.2 Å². The highest BCUT2D eigenvalue weighted by Gasteiger charge is 2.38. The van der Waals surface area contributed by atoms with Crippen LogP contribution in [0.3, 0.4) is 0 Å². The van der Waals surface area contributed by atoms with E-state index in [0.717, 1.165) is 24.2 Å². The molecular formula is C22H24N4O2. The van der Waals surface area contributed by atoms with E-state index in [9.17, 15) is 9.59 Å². The van der Waals surface area contributed by atoms with Gasteiger partial charge in [0, 0.05) is 12.5 Å². The van der Waals surface area contributed by atoms with E-state index < -0.39 is 0 Å². The van der Waals surface area contributed by atoms with Crippen molar-refractivity contribution < 1.29 is 0 Å². The first-order chi connectivity index (χ1) is 13.7. The van der Waals surface area contributed by atoms with E-state index in [-0.39, 0.29) is 11.2 Å². The number of aromatic amines is 1. The molecule has 3 atom stereocenters. The summed E-state index contributed by atoms with van der Waals surface area (Å²) in [4.78, 5) is 34.2. The van der Waals surface area contributed by atoms with E-state index in [0.29, 0.717) is 42.0 Å². The van der Waals surface area contributed by atoms with Gasteiger partial charge in [-0.05, 0) is 36.7 Å². The zero-order valence-electron chi connectivity index (χ0n) is 16.0. The summed E-state index contributed by atoms with van der Waals surface area (Å²) in [5.74, 6) is 2.25. The lowest BCUT2D eigenvalue weighted by Crippen LogP contribution is -2.40. The molecule has 1 fully saturated rings. The molecule has 0 saturated heterocycles. The molecule has 0 spiro atoms. The van der Waals surface area contributed by atoms with Gasteiger partial charge in [0.1, 0.15) is 11.3 Å². The Morgan fingerprint density at radius 1 is 1.11 bits per heavy atom. The minimum Gasteiger partial charge on any atom is -0.336 e. The van der Waals surface area contributed by atoms with Gasteiger partial charge in [0.2, 0.25) is 0 Å². The van der Waals surface area contributed by atoms with Gasteiger partial charge in [-0.1, -0.05) is 49.4 Å². The second kappa shape index (κ2) is 6.62. The summed E-state index contributed by atoms with van der Waals surface area (Å²) in [7, 11) is 0. The smallest absolute Gasteiger partial charge is 0.333 e. The Labute approximate surface area is 162 Å². The van der Waals surface area contributed by atoms with Crippen LogP contribution < -0.4 is 11.2 Å². The molecule has 0 radical (unpaired) electrons. The van der Waals surface area contributed by atoms with Crippen LogP contribution in [0.5, 0.6) is 0 Å². The molecule has 2 aliphatic rings. The second-order valence-corrected chi connectivity index (χ2v) is 8.02. The fourth-order valence-corrected chi connectivity index (χ4v) is 4.78. The van der Waals surface area contributed by atoms with E-state index in [1.807, 2.05) is 37.3 Å². The topological polar surface area (TPSA) is 72.7 Å². The third-order valence-electron chi connectivity index (χ3n) is 6.14. The molecule has 1 N–H and O–H groups in total. The third kappa shape index (κ3) is 2.66. The predicted molar refractivity (Wildman–Crippen MR) is 109 cm³/mol. The number of nitrogens with zero attached hydrogens (tertiary/aromatic N) is 3. The number of hydrogen-bond donors (Lipinski definition) is 1. The third-order valence-corrected chi connectivity index (χ3v) is 6.14. The first kappa shape index (κ1) is 17.2. The van der Waals surface area contributed by atoms with E-state index in [1.165, 1.54) is 11.0 Å². The molecule has 0 amide bonds. The van der Waals surface area contributed by atoms with Gasteiger partial charge in [0.15, 0.2) is 5.65 Å². The van der Waals surface area contributed by atoms with E-state index >= 15 is 0 Å². The Bertz CT molecular complexity index is 1170. The Morgan fingerprint density at radius 2 is 1.93 bits per heavy atom. The van der Waals surface area contributed by atoms with E-state index in [1.54, 1.807) is 4.57 Å². The van der Waals surface area contributed by atoms with Gasteiger partial charge in [-0.15, -0.1) is 0 Å². The fourth-order valence-electron chi connectivity index (χ4n) is 4.78. The van der Waals surface area contributed by atoms with Crippen LogP contribution in [-0.2, 0) is 13.1 Å². The standard InChI is InChI=1S/C22H24N4O2/c1-2-10-25-21(27)18-20(26(22(25)28)13-14-6-4-3-5-7-14)24-19(23-18)17-12-15-8-9-16(17)11-15/h3-9,15-17H,2,10-13H2,1H3,(H,23,24)/t15-,16+,17-/m0/s1. The molecule has 2 aromatic heterocycles. The lowest BCUT2D eigenvalue weighted by Gasteiger charge is -2.14. The first-order valence-corrected chi connectivity index (χ1v) is 10.1. The van der Waals surface area contributed by atoms with Crippen molar-refractivity contribution in [2.24, 2.45) is 11.8 Å². The molecule has 1 aromatic carbocycles. The quantitative estimate of drug-likeness (QED) is 0.696. The van der Waals surface area contributed by atoms with Gasteiger partial charge in [0.25, 0.3) is 5.56 Å². The summed E-state index contributed by atoms with van der Waals surface area (Å²) >= 11 is 0. The normalized spacial score (nSPS) is 23.1. The number of rotatable bonds is 5. The summed E-state index contributed by atoms with van der Waals surface area (Å²) in [6, 6.07) is 9.84. The van der Waals surface area contributed by atoms with Crippen LogP contribution in [0.15, 0.2) is 52.1 Å². The number of benzene rings is 1. The molecule has 144 valence electrons. The first-order valence-electron chi connectivity index (χ1n) is 10.1. The summed E-state index contributed by atoms with van der Waals surface area (Å²) in [5.41, 5.74) is 1.40. The van der Waals surface area contributed by atoms with Crippen molar-refractivity contribution in [1.29, 1.82) is 0 Å². The Hall–Kier alpha value is -2.89. The van der Waals surface area contributed by atoms with Gasteiger partial charge in [0.05, 0.1) is 6.54 Å². The van der Waals surface area contributed by atoms with Gasteiger partial charge in [-0.25, -0.2) is 9.78 Å². The molecule has 3 aromatic rings. The maximum absolute atomic E-state index is 13.1. The molecular weight excluding hydrogens is 352 g/mol. The number of aromatic nitrogens is 4. The summed E-state index contributed by atoms with van der Waals surface area (Å²) in [6.45, 7) is 2.78. The molecule has 0 unspecified atom stereocenters. The Kier molecular flexibility index (Phi) is 4.07. The summed E-state index contributed by atoms with van der Waals surface area (Å²) in [6.07, 6.45) is 7.53. The van der Waals surface area contributed by atoms with Gasteiger partial charge < -0.3 is 4.98 Å². The van der Waals surface area contributed by atoms with Gasteiger partial charge >= 0.3 is 5.69 Å². The monoisotopic (exact) mass is 376 g/mol. The summed E-state index contributed by atoms with van der Waals surface area (Å²) in [5, 5.41) is 0. The fraction of sp³-hybridized carbons (Fsp3) is 0.409. The van der Waals surface area contributed by atoms with Crippen LogP contribution in [0, 0.1) is 11.8 Å². The number of imidazole rings is 1. The number of H-pyrrole nitrogens is 1. The average molecular weight is 376 g/mol. The van der Waals surface area contributed by atoms with E-state index in [2.05, 4.69) is 17.1 Å². The molecule has 28 heavy (non-hydrogen) atoms. The lowest BCUT2D eigenvalue weighted by molar-refractivity contribution is 0.558. The Balaban J connectivity index is 1.68. The highest BCUT2D eigenvalue weighted by atomic mass is 16.2. The maximum atomic E-state index is 13.1. The second-order valence-electron chi connectivity index (χ2n) is 8.02. The zero-order valence-corrected chi connectivity index (χ0v) is 16.0. The molecule has 0 aliphatic heterocycles. The van der Waals surface area contributed by atoms with Crippen molar-refractivity contribution in [3.63, 3.8) is 0 Å².